The summed E-state index contributed by atoms with van der Waals surface area (Å²) in [6, 6.07) is 0. The Morgan fingerprint density at radius 3 is 2.75 bits per heavy atom. The zero-order chi connectivity index (χ0) is 6.41. The first-order chi connectivity index (χ1) is 3.81. The van der Waals surface area contributed by atoms with Crippen LogP contribution in [-0.4, -0.2) is 19.1 Å². The van der Waals surface area contributed by atoms with Crippen LogP contribution >= 0.6 is 0 Å². The van der Waals surface area contributed by atoms with Crippen LogP contribution in [-0.2, 0) is 9.53 Å². The second-order valence-electron chi connectivity index (χ2n) is 1.34. The fourth-order valence-corrected chi connectivity index (χ4v) is 0.351. The summed E-state index contributed by atoms with van der Waals surface area (Å²) in [5, 5.41) is 0. The van der Waals surface area contributed by atoms with Crippen molar-refractivity contribution in [2.24, 2.45) is 0 Å². The van der Waals surface area contributed by atoms with Crippen molar-refractivity contribution < 1.29 is 15.3 Å². The van der Waals surface area contributed by atoms with Gasteiger partial charge in [-0.15, -0.1) is 0 Å². The summed E-state index contributed by atoms with van der Waals surface area (Å²) < 4.78 is 4.56. The topological polar surface area (TPSA) is 51.6 Å². The maximum absolute atomic E-state index is 10.3. The van der Waals surface area contributed by atoms with Gasteiger partial charge in [-0.2, -0.15) is 5.73 Å². The van der Waals surface area contributed by atoms with E-state index in [1.54, 1.807) is 6.92 Å². The van der Waals surface area contributed by atoms with Crippen molar-refractivity contribution in [2.45, 2.75) is 13.3 Å². The molecular formula is C5H11NO2+. The third-order valence-electron chi connectivity index (χ3n) is 0.654. The molecule has 0 aromatic carbocycles. The van der Waals surface area contributed by atoms with Crippen LogP contribution in [0.25, 0.3) is 0 Å². The molecule has 0 bridgehead atoms. The number of esters is 1. The van der Waals surface area contributed by atoms with Gasteiger partial charge < -0.3 is 4.74 Å². The van der Waals surface area contributed by atoms with E-state index in [2.05, 4.69) is 4.74 Å². The Labute approximate surface area is 48.8 Å². The molecule has 0 heterocycles. The Balaban J connectivity index is 3.06. The Kier molecular flexibility index (Phi) is 4.26. The maximum atomic E-state index is 10.3. The van der Waals surface area contributed by atoms with Gasteiger partial charge in [0.05, 0.1) is 13.0 Å². The Morgan fingerprint density at radius 2 is 2.38 bits per heavy atom. The fourth-order valence-electron chi connectivity index (χ4n) is 0.351. The first kappa shape index (κ1) is 7.43. The number of carbonyl (C=O) groups is 1. The summed E-state index contributed by atoms with van der Waals surface area (Å²) in [5.74, 6) is -0.213. The average Bonchev–Trinajstić information content (AvgIpc) is 1.68. The lowest BCUT2D eigenvalue weighted by Crippen LogP contribution is -2.51. The van der Waals surface area contributed by atoms with Crippen molar-refractivity contribution in [3.05, 3.63) is 0 Å². The number of ether oxygens (including phenoxy) is 1. The summed E-state index contributed by atoms with van der Waals surface area (Å²) in [4.78, 5) is 10.3. The molecule has 0 atom stereocenters. The van der Waals surface area contributed by atoms with Crippen molar-refractivity contribution in [2.75, 3.05) is 13.2 Å². The van der Waals surface area contributed by atoms with E-state index >= 15 is 0 Å². The molecule has 8 heavy (non-hydrogen) atoms. The highest BCUT2D eigenvalue weighted by atomic mass is 16.5. The fraction of sp³-hybridized carbons (Fsp3) is 0.800. The van der Waals surface area contributed by atoms with Gasteiger partial charge in [0.1, 0.15) is 6.54 Å². The molecule has 2 N–H and O–H groups in total. The van der Waals surface area contributed by atoms with Crippen molar-refractivity contribution in [3.8, 4) is 0 Å². The highest BCUT2D eigenvalue weighted by Crippen LogP contribution is 1.80. The molecule has 0 spiro atoms. The largest absolute Gasteiger partial charge is 0.466 e. The minimum Gasteiger partial charge on any atom is -0.466 e. The summed E-state index contributed by atoms with van der Waals surface area (Å²) in [6.45, 7) is 2.59. The van der Waals surface area contributed by atoms with Crippen molar-refractivity contribution in [1.82, 2.24) is 0 Å². The van der Waals surface area contributed by atoms with E-state index in [1.807, 2.05) is 0 Å². The highest BCUT2D eigenvalue weighted by molar-refractivity contribution is 5.69. The van der Waals surface area contributed by atoms with Gasteiger partial charge >= 0.3 is 5.97 Å². The number of hydrogen-bond donors (Lipinski definition) is 1. The van der Waals surface area contributed by atoms with Gasteiger partial charge in [-0.3, -0.25) is 4.79 Å². The lowest BCUT2D eigenvalue weighted by atomic mass is 10.4. The lowest BCUT2D eigenvalue weighted by Gasteiger charge is -1.94. The SMILES string of the molecule is CCOC(=O)CC[NH2+]. The van der Waals surface area contributed by atoms with Gasteiger partial charge in [0, 0.05) is 0 Å². The second kappa shape index (κ2) is 4.59. The highest BCUT2D eigenvalue weighted by Gasteiger charge is 1.98. The van der Waals surface area contributed by atoms with E-state index in [4.69, 9.17) is 5.73 Å². The van der Waals surface area contributed by atoms with E-state index in [-0.39, 0.29) is 5.97 Å². The number of nitrogens with two attached hydrogens (primary N) is 1. The summed E-state index contributed by atoms with van der Waals surface area (Å²) in [7, 11) is 0. The molecule has 47 valence electrons. The van der Waals surface area contributed by atoms with E-state index < -0.39 is 0 Å². The zero-order valence-electron chi connectivity index (χ0n) is 5.02. The molecule has 3 nitrogen and oxygen atoms in total. The van der Waals surface area contributed by atoms with Gasteiger partial charge in [-0.1, -0.05) is 0 Å². The predicted molar refractivity (Wildman–Crippen MR) is 28.0 cm³/mol. The van der Waals surface area contributed by atoms with Crippen molar-refractivity contribution in [1.29, 1.82) is 0 Å². The van der Waals surface area contributed by atoms with Gasteiger partial charge in [0.2, 0.25) is 0 Å². The first-order valence-electron chi connectivity index (χ1n) is 2.67. The molecule has 0 amide bonds. The summed E-state index contributed by atoms with van der Waals surface area (Å²) in [5.41, 5.74) is 5.06. The quantitative estimate of drug-likeness (QED) is 0.480. The van der Waals surface area contributed by atoms with Crippen LogP contribution in [0, 0.1) is 0 Å². The van der Waals surface area contributed by atoms with Gasteiger partial charge in [-0.05, 0) is 6.92 Å². The normalized spacial score (nSPS) is 8.75. The molecule has 0 aromatic rings. The Bertz CT molecular complexity index is 64.8. The van der Waals surface area contributed by atoms with Gasteiger partial charge in [0.25, 0.3) is 0 Å². The minimum atomic E-state index is -0.213. The monoisotopic (exact) mass is 117 g/mol. The molecular weight excluding hydrogens is 106 g/mol. The number of carbonyl (C=O) groups excluding carboxylic acids is 1. The third kappa shape index (κ3) is 3.61. The number of hydrogen-bond acceptors (Lipinski definition) is 3. The summed E-state index contributed by atoms with van der Waals surface area (Å²) in [6.07, 6.45) is 0.327. The van der Waals surface area contributed by atoms with Gasteiger partial charge in [0.15, 0.2) is 0 Å². The van der Waals surface area contributed by atoms with Crippen LogP contribution in [0.4, 0.5) is 0 Å². The van der Waals surface area contributed by atoms with E-state index in [0.29, 0.717) is 19.6 Å². The molecule has 0 aliphatic heterocycles. The first-order valence-corrected chi connectivity index (χ1v) is 2.67. The molecule has 0 rings (SSSR count). The molecule has 0 fully saturated rings. The molecule has 0 aliphatic carbocycles. The third-order valence-corrected chi connectivity index (χ3v) is 0.654. The molecule has 3 heteroatoms. The molecule has 0 unspecified atom stereocenters. The Morgan fingerprint density at radius 1 is 1.75 bits per heavy atom. The van der Waals surface area contributed by atoms with Crippen molar-refractivity contribution in [3.63, 3.8) is 0 Å². The number of rotatable bonds is 3. The van der Waals surface area contributed by atoms with Gasteiger partial charge in [-0.25, -0.2) is 0 Å². The van der Waals surface area contributed by atoms with Crippen LogP contribution in [0.15, 0.2) is 0 Å². The molecule has 1 radical (unpaired) electrons. The standard InChI is InChI=1S/C5H11NO2/c1-2-8-5(7)3-4-6/h2-4,6H2,1H3/q+1. The van der Waals surface area contributed by atoms with Crippen LogP contribution in [0.1, 0.15) is 13.3 Å². The second-order valence-corrected chi connectivity index (χ2v) is 1.34. The Hall–Kier alpha value is -0.570. The van der Waals surface area contributed by atoms with E-state index in [0.717, 1.165) is 0 Å². The molecule has 0 aliphatic rings. The smallest absolute Gasteiger partial charge is 0.311 e. The lowest BCUT2D eigenvalue weighted by molar-refractivity contribution is -0.366. The van der Waals surface area contributed by atoms with Crippen LogP contribution in [0.2, 0.25) is 0 Å². The predicted octanol–water partition coefficient (Wildman–Crippen LogP) is -1.03. The van der Waals surface area contributed by atoms with Crippen LogP contribution in [0.3, 0.4) is 0 Å². The molecule has 0 saturated carbocycles. The molecule has 0 saturated heterocycles. The average molecular weight is 117 g/mol. The summed E-state index contributed by atoms with van der Waals surface area (Å²) >= 11 is 0. The zero-order valence-corrected chi connectivity index (χ0v) is 5.02. The van der Waals surface area contributed by atoms with Crippen LogP contribution < -0.4 is 5.73 Å². The molecule has 0 aromatic heterocycles. The minimum absolute atomic E-state index is 0.213. The van der Waals surface area contributed by atoms with E-state index in [1.165, 1.54) is 0 Å². The van der Waals surface area contributed by atoms with Crippen LogP contribution in [0.5, 0.6) is 0 Å². The van der Waals surface area contributed by atoms with Crippen molar-refractivity contribution >= 4 is 5.97 Å². The van der Waals surface area contributed by atoms with E-state index in [9.17, 15) is 4.79 Å². The maximum Gasteiger partial charge on any atom is 0.311 e.